The lowest BCUT2D eigenvalue weighted by Crippen LogP contribution is -2.45. The molecule has 1 atom stereocenters. The molecular formula is C26H34N4O5. The molecule has 0 bridgehead atoms. The second-order valence-electron chi connectivity index (χ2n) is 9.54. The van der Waals surface area contributed by atoms with E-state index in [1.807, 2.05) is 31.2 Å². The van der Waals surface area contributed by atoms with Crippen molar-refractivity contribution in [2.24, 2.45) is 0 Å². The first-order chi connectivity index (χ1) is 16.5. The standard InChI is InChI=1S/C26H34N4O5/c1-6-7-14-29-22(27)21(23(31)28-25(29)33)30(16-20-9-8-15-34-20)24(32)17(2)35-19-12-10-18(11-13-19)26(3,4)5/h8-13,15,17H,6-7,14,16,27H2,1-5H3,(H,28,31,33). The number of amides is 1. The van der Waals surface area contributed by atoms with E-state index in [9.17, 15) is 14.4 Å². The minimum absolute atomic E-state index is 0.0146. The van der Waals surface area contributed by atoms with E-state index < -0.39 is 23.3 Å². The van der Waals surface area contributed by atoms with Crippen LogP contribution in [-0.2, 0) is 23.3 Å². The van der Waals surface area contributed by atoms with Crippen LogP contribution >= 0.6 is 0 Å². The van der Waals surface area contributed by atoms with Crippen LogP contribution in [0.5, 0.6) is 5.75 Å². The van der Waals surface area contributed by atoms with Crippen LogP contribution in [0.25, 0.3) is 0 Å². The first kappa shape index (κ1) is 25.9. The van der Waals surface area contributed by atoms with Crippen molar-refractivity contribution in [2.75, 3.05) is 10.6 Å². The van der Waals surface area contributed by atoms with Gasteiger partial charge in [0.1, 0.15) is 17.3 Å². The highest BCUT2D eigenvalue weighted by Crippen LogP contribution is 2.26. The van der Waals surface area contributed by atoms with Crippen LogP contribution in [0, 0.1) is 0 Å². The van der Waals surface area contributed by atoms with Crippen LogP contribution in [0.1, 0.15) is 58.8 Å². The van der Waals surface area contributed by atoms with Crippen molar-refractivity contribution in [3.05, 3.63) is 74.8 Å². The van der Waals surface area contributed by atoms with Gasteiger partial charge in [0.2, 0.25) is 0 Å². The maximum absolute atomic E-state index is 13.6. The molecule has 1 unspecified atom stereocenters. The van der Waals surface area contributed by atoms with E-state index in [1.165, 1.54) is 15.7 Å². The fourth-order valence-corrected chi connectivity index (χ4v) is 3.71. The summed E-state index contributed by atoms with van der Waals surface area (Å²) in [7, 11) is 0. The number of unbranched alkanes of at least 4 members (excludes halogenated alkanes) is 1. The maximum Gasteiger partial charge on any atom is 0.330 e. The Hall–Kier alpha value is -3.75. The molecule has 188 valence electrons. The summed E-state index contributed by atoms with van der Waals surface area (Å²) in [5, 5.41) is 0. The number of nitrogen functional groups attached to an aromatic ring is 1. The minimum Gasteiger partial charge on any atom is -0.481 e. The minimum atomic E-state index is -0.944. The highest BCUT2D eigenvalue weighted by atomic mass is 16.5. The number of ether oxygens (including phenoxy) is 1. The zero-order chi connectivity index (χ0) is 25.8. The number of nitrogens with zero attached hydrogens (tertiary/aromatic N) is 2. The van der Waals surface area contributed by atoms with Crippen molar-refractivity contribution >= 4 is 17.4 Å². The number of hydrogen-bond acceptors (Lipinski definition) is 6. The lowest BCUT2D eigenvalue weighted by atomic mass is 9.87. The lowest BCUT2D eigenvalue weighted by Gasteiger charge is -2.27. The Kier molecular flexibility index (Phi) is 7.89. The average Bonchev–Trinajstić information content (AvgIpc) is 3.30. The van der Waals surface area contributed by atoms with Gasteiger partial charge < -0.3 is 14.9 Å². The van der Waals surface area contributed by atoms with Crippen LogP contribution in [0.2, 0.25) is 0 Å². The molecular weight excluding hydrogens is 448 g/mol. The van der Waals surface area contributed by atoms with Gasteiger partial charge in [0, 0.05) is 6.54 Å². The van der Waals surface area contributed by atoms with Gasteiger partial charge in [0.25, 0.3) is 11.5 Å². The molecule has 0 aliphatic rings. The van der Waals surface area contributed by atoms with Crippen molar-refractivity contribution in [2.45, 2.75) is 72.1 Å². The van der Waals surface area contributed by atoms with Crippen molar-refractivity contribution in [1.29, 1.82) is 0 Å². The van der Waals surface area contributed by atoms with Crippen molar-refractivity contribution in [3.63, 3.8) is 0 Å². The molecule has 3 aromatic rings. The molecule has 35 heavy (non-hydrogen) atoms. The van der Waals surface area contributed by atoms with Gasteiger partial charge in [-0.2, -0.15) is 0 Å². The first-order valence-electron chi connectivity index (χ1n) is 11.8. The summed E-state index contributed by atoms with van der Waals surface area (Å²) < 4.78 is 12.6. The molecule has 3 rings (SSSR count). The Morgan fingerprint density at radius 2 is 1.89 bits per heavy atom. The summed E-state index contributed by atoms with van der Waals surface area (Å²) in [5.41, 5.74) is 5.93. The Labute approximate surface area is 204 Å². The molecule has 2 heterocycles. The fraction of sp³-hybridized carbons (Fsp3) is 0.423. The normalized spacial score (nSPS) is 12.4. The Morgan fingerprint density at radius 1 is 1.20 bits per heavy atom. The zero-order valence-electron chi connectivity index (χ0n) is 21.0. The van der Waals surface area contributed by atoms with E-state index in [0.717, 1.165) is 12.0 Å². The van der Waals surface area contributed by atoms with Gasteiger partial charge in [0.05, 0.1) is 12.8 Å². The summed E-state index contributed by atoms with van der Waals surface area (Å²) in [6.45, 7) is 10.2. The van der Waals surface area contributed by atoms with E-state index in [1.54, 1.807) is 19.1 Å². The molecule has 9 heteroatoms. The molecule has 0 aliphatic heterocycles. The number of benzene rings is 1. The summed E-state index contributed by atoms with van der Waals surface area (Å²) in [4.78, 5) is 42.3. The molecule has 3 N–H and O–H groups in total. The zero-order valence-corrected chi connectivity index (χ0v) is 21.0. The number of hydrogen-bond donors (Lipinski definition) is 2. The van der Waals surface area contributed by atoms with Crippen molar-refractivity contribution in [1.82, 2.24) is 9.55 Å². The van der Waals surface area contributed by atoms with Gasteiger partial charge in [-0.25, -0.2) is 4.79 Å². The molecule has 1 aromatic carbocycles. The summed E-state index contributed by atoms with van der Waals surface area (Å²) in [5.74, 6) is 0.393. The van der Waals surface area contributed by atoms with E-state index in [0.29, 0.717) is 24.5 Å². The van der Waals surface area contributed by atoms with Gasteiger partial charge in [-0.3, -0.25) is 24.0 Å². The summed E-state index contributed by atoms with van der Waals surface area (Å²) >= 11 is 0. The smallest absolute Gasteiger partial charge is 0.330 e. The molecule has 0 spiro atoms. The predicted octanol–water partition coefficient (Wildman–Crippen LogP) is 3.81. The highest BCUT2D eigenvalue weighted by Gasteiger charge is 2.30. The van der Waals surface area contributed by atoms with Crippen LogP contribution in [-0.4, -0.2) is 21.6 Å². The van der Waals surface area contributed by atoms with Crippen LogP contribution in [0.15, 0.2) is 56.7 Å². The summed E-state index contributed by atoms with van der Waals surface area (Å²) in [6.07, 6.45) is 2.05. The quantitative estimate of drug-likeness (QED) is 0.478. The Morgan fingerprint density at radius 3 is 2.46 bits per heavy atom. The molecule has 0 saturated heterocycles. The van der Waals surface area contributed by atoms with Gasteiger partial charge in [-0.05, 0) is 48.6 Å². The van der Waals surface area contributed by atoms with Crippen molar-refractivity contribution < 1.29 is 13.9 Å². The number of carbonyl (C=O) groups is 1. The van der Waals surface area contributed by atoms with E-state index in [-0.39, 0.29) is 23.5 Å². The summed E-state index contributed by atoms with van der Waals surface area (Å²) in [6, 6.07) is 10.9. The first-order valence-corrected chi connectivity index (χ1v) is 11.8. The van der Waals surface area contributed by atoms with Crippen LogP contribution in [0.4, 0.5) is 11.5 Å². The molecule has 1 amide bonds. The molecule has 9 nitrogen and oxygen atoms in total. The molecule has 0 aliphatic carbocycles. The van der Waals surface area contributed by atoms with Gasteiger partial charge in [0.15, 0.2) is 11.8 Å². The maximum atomic E-state index is 13.6. The SMILES string of the molecule is CCCCn1c(N)c(N(Cc2ccco2)C(=O)C(C)Oc2ccc(C(C)(C)C)cc2)c(=O)[nH]c1=O. The third-order valence-corrected chi connectivity index (χ3v) is 5.76. The number of aromatic nitrogens is 2. The number of nitrogens with two attached hydrogens (primary N) is 1. The largest absolute Gasteiger partial charge is 0.481 e. The number of nitrogens with one attached hydrogen (secondary N) is 1. The van der Waals surface area contributed by atoms with Gasteiger partial charge >= 0.3 is 5.69 Å². The third-order valence-electron chi connectivity index (χ3n) is 5.76. The second-order valence-corrected chi connectivity index (χ2v) is 9.54. The predicted molar refractivity (Wildman–Crippen MR) is 136 cm³/mol. The number of anilines is 2. The topological polar surface area (TPSA) is 124 Å². The molecule has 0 saturated carbocycles. The number of furan rings is 1. The van der Waals surface area contributed by atoms with Gasteiger partial charge in [-0.15, -0.1) is 0 Å². The van der Waals surface area contributed by atoms with Crippen molar-refractivity contribution in [3.8, 4) is 5.75 Å². The average molecular weight is 483 g/mol. The van der Waals surface area contributed by atoms with E-state index in [2.05, 4.69) is 25.8 Å². The highest BCUT2D eigenvalue weighted by molar-refractivity contribution is 5.98. The van der Waals surface area contributed by atoms with Crippen LogP contribution in [0.3, 0.4) is 0 Å². The number of rotatable bonds is 9. The Bertz CT molecular complexity index is 1250. The monoisotopic (exact) mass is 482 g/mol. The van der Waals surface area contributed by atoms with Crippen LogP contribution < -0.4 is 26.6 Å². The third kappa shape index (κ3) is 6.03. The molecule has 2 aromatic heterocycles. The van der Waals surface area contributed by atoms with E-state index in [4.69, 9.17) is 14.9 Å². The number of carbonyl (C=O) groups excluding carboxylic acids is 1. The molecule has 0 radical (unpaired) electrons. The fourth-order valence-electron chi connectivity index (χ4n) is 3.71. The Balaban J connectivity index is 1.96. The van der Waals surface area contributed by atoms with Gasteiger partial charge in [-0.1, -0.05) is 46.2 Å². The number of H-pyrrole nitrogens is 1. The number of aromatic amines is 1. The molecule has 0 fully saturated rings. The lowest BCUT2D eigenvalue weighted by molar-refractivity contribution is -0.124. The van der Waals surface area contributed by atoms with E-state index >= 15 is 0 Å². The second kappa shape index (κ2) is 10.7.